The lowest BCUT2D eigenvalue weighted by molar-refractivity contribution is -0.101. The molecule has 0 fully saturated rings. The molecular formula is C14H29BO3. The highest BCUT2D eigenvalue weighted by atomic mass is 16.5. The molecule has 0 aromatic rings. The van der Waals surface area contributed by atoms with Crippen molar-refractivity contribution in [2.45, 2.75) is 77.8 Å². The summed E-state index contributed by atoms with van der Waals surface area (Å²) in [6, 6.07) is 0. The van der Waals surface area contributed by atoms with E-state index in [1.165, 1.54) is 0 Å². The van der Waals surface area contributed by atoms with Crippen molar-refractivity contribution in [3.63, 3.8) is 0 Å². The Morgan fingerprint density at radius 1 is 1.28 bits per heavy atom. The van der Waals surface area contributed by atoms with E-state index in [0.717, 1.165) is 19.3 Å². The van der Waals surface area contributed by atoms with Gasteiger partial charge in [0, 0.05) is 5.82 Å². The summed E-state index contributed by atoms with van der Waals surface area (Å²) in [6.07, 6.45) is 6.95. The van der Waals surface area contributed by atoms with E-state index in [2.05, 4.69) is 6.92 Å². The predicted molar refractivity (Wildman–Crippen MR) is 77.5 cm³/mol. The fourth-order valence-corrected chi connectivity index (χ4v) is 1.55. The molecule has 0 radical (unpaired) electrons. The van der Waals surface area contributed by atoms with Crippen LogP contribution in [0, 0.1) is 0 Å². The second-order valence-electron chi connectivity index (χ2n) is 5.91. The molecule has 3 nitrogen and oxygen atoms in total. The molecule has 0 aromatic heterocycles. The van der Waals surface area contributed by atoms with Gasteiger partial charge in [0.15, 0.2) is 0 Å². The van der Waals surface area contributed by atoms with Crippen molar-refractivity contribution in [3.05, 3.63) is 12.2 Å². The lowest BCUT2D eigenvalue weighted by atomic mass is 9.68. The molecule has 1 unspecified atom stereocenters. The van der Waals surface area contributed by atoms with Crippen LogP contribution in [0.5, 0.6) is 0 Å². The Balaban J connectivity index is 4.64. The van der Waals surface area contributed by atoms with Gasteiger partial charge in [-0.2, -0.15) is 0 Å². The fourth-order valence-electron chi connectivity index (χ4n) is 1.55. The standard InChI is InChI=1S/C14H29BO3/c1-7-9-11-12(10-8-2)15(17)18-14(5,6)13(3,4)16/h8,10,12,16-17H,7,9,11H2,1-6H3/b10-8+. The molecule has 0 saturated heterocycles. The SMILES string of the molecule is C/C=C/C(CCCC)B(O)OC(C)(C)C(C)(C)O. The summed E-state index contributed by atoms with van der Waals surface area (Å²) in [5.41, 5.74) is -1.79. The van der Waals surface area contributed by atoms with Gasteiger partial charge in [-0.15, -0.1) is 0 Å². The Labute approximate surface area is 112 Å². The summed E-state index contributed by atoms with van der Waals surface area (Å²) in [4.78, 5) is 0. The average Bonchev–Trinajstić information content (AvgIpc) is 2.21. The highest BCUT2D eigenvalue weighted by Crippen LogP contribution is 2.29. The van der Waals surface area contributed by atoms with Crippen molar-refractivity contribution in [1.82, 2.24) is 0 Å². The molecule has 1 atom stereocenters. The van der Waals surface area contributed by atoms with Gasteiger partial charge in [0.2, 0.25) is 0 Å². The van der Waals surface area contributed by atoms with E-state index in [-0.39, 0.29) is 5.82 Å². The van der Waals surface area contributed by atoms with Gasteiger partial charge in [-0.3, -0.25) is 0 Å². The number of hydrogen-bond donors (Lipinski definition) is 2. The van der Waals surface area contributed by atoms with Crippen molar-refractivity contribution >= 4 is 7.12 Å². The average molecular weight is 256 g/mol. The summed E-state index contributed by atoms with van der Waals surface area (Å²) >= 11 is 0. The van der Waals surface area contributed by atoms with E-state index in [4.69, 9.17) is 4.65 Å². The van der Waals surface area contributed by atoms with Crippen LogP contribution in [0.2, 0.25) is 5.82 Å². The third-order valence-corrected chi connectivity index (χ3v) is 3.59. The highest BCUT2D eigenvalue weighted by Gasteiger charge is 2.40. The van der Waals surface area contributed by atoms with Gasteiger partial charge >= 0.3 is 7.12 Å². The number of rotatable bonds is 8. The van der Waals surface area contributed by atoms with Crippen LogP contribution in [-0.2, 0) is 4.65 Å². The van der Waals surface area contributed by atoms with E-state index in [0.29, 0.717) is 0 Å². The van der Waals surface area contributed by atoms with Crippen molar-refractivity contribution in [1.29, 1.82) is 0 Å². The topological polar surface area (TPSA) is 49.7 Å². The van der Waals surface area contributed by atoms with Crippen LogP contribution in [0.15, 0.2) is 12.2 Å². The lowest BCUT2D eigenvalue weighted by Gasteiger charge is -2.39. The van der Waals surface area contributed by atoms with Crippen molar-refractivity contribution < 1.29 is 14.8 Å². The van der Waals surface area contributed by atoms with Gasteiger partial charge in [0.1, 0.15) is 0 Å². The minimum absolute atomic E-state index is 0.0171. The molecule has 0 aliphatic heterocycles. The first kappa shape index (κ1) is 17.7. The molecular weight excluding hydrogens is 227 g/mol. The maximum Gasteiger partial charge on any atom is 0.461 e. The van der Waals surface area contributed by atoms with Crippen LogP contribution in [0.1, 0.15) is 60.8 Å². The molecule has 4 heteroatoms. The summed E-state index contributed by atoms with van der Waals surface area (Å²) in [6.45, 7) is 11.0. The number of allylic oxidation sites excluding steroid dienone is 2. The molecule has 0 spiro atoms. The van der Waals surface area contributed by atoms with Gasteiger partial charge in [-0.05, 0) is 41.0 Å². The molecule has 0 heterocycles. The van der Waals surface area contributed by atoms with E-state index in [9.17, 15) is 10.1 Å². The summed E-state index contributed by atoms with van der Waals surface area (Å²) in [5, 5.41) is 20.2. The number of unbranched alkanes of at least 4 members (excludes halogenated alkanes) is 1. The van der Waals surface area contributed by atoms with Crippen LogP contribution in [-0.4, -0.2) is 28.5 Å². The van der Waals surface area contributed by atoms with Crippen LogP contribution >= 0.6 is 0 Å². The smallest absolute Gasteiger partial charge is 0.427 e. The van der Waals surface area contributed by atoms with Crippen molar-refractivity contribution in [2.24, 2.45) is 0 Å². The van der Waals surface area contributed by atoms with Gasteiger partial charge in [0.25, 0.3) is 0 Å². The van der Waals surface area contributed by atoms with Crippen LogP contribution in [0.4, 0.5) is 0 Å². The molecule has 0 aromatic carbocycles. The molecule has 0 amide bonds. The molecule has 0 rings (SSSR count). The Morgan fingerprint density at radius 3 is 2.22 bits per heavy atom. The van der Waals surface area contributed by atoms with Crippen LogP contribution < -0.4 is 0 Å². The maximum absolute atomic E-state index is 10.2. The van der Waals surface area contributed by atoms with Gasteiger partial charge in [-0.25, -0.2) is 0 Å². The summed E-state index contributed by atoms with van der Waals surface area (Å²) in [5.74, 6) is -0.0171. The Kier molecular flexibility index (Phi) is 7.19. The molecule has 0 aliphatic carbocycles. The van der Waals surface area contributed by atoms with E-state index in [1.807, 2.05) is 19.1 Å². The molecule has 106 valence electrons. The molecule has 2 N–H and O–H groups in total. The van der Waals surface area contributed by atoms with Crippen molar-refractivity contribution in [3.8, 4) is 0 Å². The maximum atomic E-state index is 10.2. The number of hydrogen-bond acceptors (Lipinski definition) is 3. The minimum Gasteiger partial charge on any atom is -0.427 e. The fraction of sp³-hybridized carbons (Fsp3) is 0.857. The zero-order chi connectivity index (χ0) is 14.4. The predicted octanol–water partition coefficient (Wildman–Crippen LogP) is 3.17. The Hall–Kier alpha value is -0.315. The molecule has 0 bridgehead atoms. The summed E-state index contributed by atoms with van der Waals surface area (Å²) < 4.78 is 5.67. The first-order valence-electron chi connectivity index (χ1n) is 6.86. The van der Waals surface area contributed by atoms with Gasteiger partial charge < -0.3 is 14.8 Å². The Bertz CT molecular complexity index is 256. The lowest BCUT2D eigenvalue weighted by Crippen LogP contribution is -2.51. The normalized spacial score (nSPS) is 15.1. The second kappa shape index (κ2) is 7.32. The second-order valence-corrected chi connectivity index (χ2v) is 5.91. The van der Waals surface area contributed by atoms with Crippen molar-refractivity contribution in [2.75, 3.05) is 0 Å². The Morgan fingerprint density at radius 2 is 1.83 bits per heavy atom. The van der Waals surface area contributed by atoms with Crippen LogP contribution in [0.3, 0.4) is 0 Å². The van der Waals surface area contributed by atoms with Gasteiger partial charge in [0.05, 0.1) is 11.2 Å². The molecule has 0 aliphatic rings. The third kappa shape index (κ3) is 5.55. The van der Waals surface area contributed by atoms with Gasteiger partial charge in [-0.1, -0.05) is 31.9 Å². The first-order chi connectivity index (χ1) is 8.15. The number of aliphatic hydroxyl groups is 1. The quantitative estimate of drug-likeness (QED) is 0.518. The zero-order valence-electron chi connectivity index (χ0n) is 12.7. The minimum atomic E-state index is -1.00. The first-order valence-corrected chi connectivity index (χ1v) is 6.86. The highest BCUT2D eigenvalue weighted by molar-refractivity contribution is 6.45. The summed E-state index contributed by atoms with van der Waals surface area (Å²) in [7, 11) is -0.880. The van der Waals surface area contributed by atoms with Crippen LogP contribution in [0.25, 0.3) is 0 Å². The van der Waals surface area contributed by atoms with E-state index >= 15 is 0 Å². The largest absolute Gasteiger partial charge is 0.461 e. The zero-order valence-corrected chi connectivity index (χ0v) is 12.7. The monoisotopic (exact) mass is 256 g/mol. The molecule has 0 saturated carbocycles. The molecule has 18 heavy (non-hydrogen) atoms. The van der Waals surface area contributed by atoms with E-state index in [1.54, 1.807) is 27.7 Å². The third-order valence-electron chi connectivity index (χ3n) is 3.59. The van der Waals surface area contributed by atoms with E-state index < -0.39 is 18.3 Å².